The Kier molecular flexibility index (Phi) is 6.07. The summed E-state index contributed by atoms with van der Waals surface area (Å²) in [6.07, 6.45) is 1.68. The Morgan fingerprint density at radius 3 is 2.59 bits per heavy atom. The molecule has 4 aromatic rings. The number of hydrogen-bond donors (Lipinski definition) is 1. The number of thiazole rings is 1. The lowest BCUT2D eigenvalue weighted by Crippen LogP contribution is -2.17. The van der Waals surface area contributed by atoms with E-state index in [1.54, 1.807) is 18.0 Å². The lowest BCUT2D eigenvalue weighted by molar-refractivity contribution is -0.113. The lowest BCUT2D eigenvalue weighted by Gasteiger charge is -2.08. The number of aromatic nitrogens is 3. The molecule has 146 valence electrons. The van der Waals surface area contributed by atoms with E-state index >= 15 is 0 Å². The van der Waals surface area contributed by atoms with Gasteiger partial charge in [-0.15, -0.1) is 23.1 Å². The summed E-state index contributed by atoms with van der Waals surface area (Å²) in [5.74, 6) is 2.56. The van der Waals surface area contributed by atoms with Crippen molar-refractivity contribution in [2.24, 2.45) is 0 Å². The van der Waals surface area contributed by atoms with Crippen molar-refractivity contribution in [2.45, 2.75) is 12.7 Å². The molecule has 5 nitrogen and oxygen atoms in total. The lowest BCUT2D eigenvalue weighted by atomic mass is 10.2. The first-order valence-electron chi connectivity index (χ1n) is 9.18. The maximum atomic E-state index is 12.4. The third-order valence-electron chi connectivity index (χ3n) is 4.30. The highest BCUT2D eigenvalue weighted by atomic mass is 32.2. The predicted octanol–water partition coefficient (Wildman–Crippen LogP) is 5.18. The molecule has 0 aliphatic carbocycles. The number of amides is 1. The zero-order chi connectivity index (χ0) is 20.1. The SMILES string of the molecule is Cc1ncc(NC(=O)CSCc2ccccc2)n1-c1nc(-c2ccccc2)cs1. The van der Waals surface area contributed by atoms with Crippen LogP contribution in [0.25, 0.3) is 16.4 Å². The molecule has 29 heavy (non-hydrogen) atoms. The van der Waals surface area contributed by atoms with E-state index in [9.17, 15) is 4.79 Å². The minimum atomic E-state index is -0.0491. The predicted molar refractivity (Wildman–Crippen MR) is 121 cm³/mol. The molecule has 1 amide bonds. The molecule has 0 bridgehead atoms. The zero-order valence-corrected chi connectivity index (χ0v) is 17.5. The molecule has 0 spiro atoms. The van der Waals surface area contributed by atoms with Gasteiger partial charge in [-0.3, -0.25) is 9.36 Å². The van der Waals surface area contributed by atoms with E-state index in [4.69, 9.17) is 4.98 Å². The fourth-order valence-electron chi connectivity index (χ4n) is 2.90. The third kappa shape index (κ3) is 4.75. The van der Waals surface area contributed by atoms with Crippen LogP contribution in [0.5, 0.6) is 0 Å². The number of carbonyl (C=O) groups is 1. The van der Waals surface area contributed by atoms with Crippen LogP contribution in [0.1, 0.15) is 11.4 Å². The topological polar surface area (TPSA) is 59.8 Å². The summed E-state index contributed by atoms with van der Waals surface area (Å²) in [5.41, 5.74) is 3.19. The molecule has 0 saturated carbocycles. The van der Waals surface area contributed by atoms with Gasteiger partial charge in [-0.2, -0.15) is 0 Å². The number of hydrogen-bond acceptors (Lipinski definition) is 5. The average molecular weight is 421 g/mol. The van der Waals surface area contributed by atoms with Crippen LogP contribution in [0.3, 0.4) is 0 Å². The molecule has 2 heterocycles. The summed E-state index contributed by atoms with van der Waals surface area (Å²) in [6, 6.07) is 20.2. The van der Waals surface area contributed by atoms with E-state index in [0.717, 1.165) is 28.0 Å². The second kappa shape index (κ2) is 9.07. The summed E-state index contributed by atoms with van der Waals surface area (Å²) >= 11 is 3.12. The fraction of sp³-hybridized carbons (Fsp3) is 0.136. The van der Waals surface area contributed by atoms with E-state index in [-0.39, 0.29) is 5.91 Å². The Hall–Kier alpha value is -2.90. The Labute approximate surface area is 177 Å². The Morgan fingerprint density at radius 2 is 1.83 bits per heavy atom. The van der Waals surface area contributed by atoms with Crippen LogP contribution in [-0.4, -0.2) is 26.2 Å². The van der Waals surface area contributed by atoms with Gasteiger partial charge in [0.15, 0.2) is 5.13 Å². The van der Waals surface area contributed by atoms with Crippen molar-refractivity contribution in [2.75, 3.05) is 11.1 Å². The number of nitrogens with zero attached hydrogens (tertiary/aromatic N) is 3. The van der Waals surface area contributed by atoms with E-state index in [1.165, 1.54) is 16.9 Å². The van der Waals surface area contributed by atoms with Gasteiger partial charge in [-0.25, -0.2) is 9.97 Å². The summed E-state index contributed by atoms with van der Waals surface area (Å²) in [6.45, 7) is 1.91. The van der Waals surface area contributed by atoms with Gasteiger partial charge in [0.1, 0.15) is 11.6 Å². The number of imidazole rings is 1. The first-order chi connectivity index (χ1) is 14.2. The minimum Gasteiger partial charge on any atom is -0.310 e. The molecule has 0 saturated heterocycles. The number of benzene rings is 2. The van der Waals surface area contributed by atoms with E-state index in [2.05, 4.69) is 22.4 Å². The number of carbonyl (C=O) groups excluding carboxylic acids is 1. The number of aryl methyl sites for hydroxylation is 1. The number of rotatable bonds is 7. The van der Waals surface area contributed by atoms with Gasteiger partial charge < -0.3 is 5.32 Å². The van der Waals surface area contributed by atoms with Crippen molar-refractivity contribution in [3.8, 4) is 16.4 Å². The molecule has 0 atom stereocenters. The monoisotopic (exact) mass is 420 g/mol. The molecule has 7 heteroatoms. The average Bonchev–Trinajstić information content (AvgIpc) is 3.36. The van der Waals surface area contributed by atoms with E-state index < -0.39 is 0 Å². The molecule has 2 aromatic heterocycles. The van der Waals surface area contributed by atoms with Crippen LogP contribution in [-0.2, 0) is 10.5 Å². The van der Waals surface area contributed by atoms with Crippen molar-refractivity contribution >= 4 is 34.8 Å². The van der Waals surface area contributed by atoms with Gasteiger partial charge in [0.25, 0.3) is 0 Å². The Morgan fingerprint density at radius 1 is 1.10 bits per heavy atom. The molecule has 0 aliphatic rings. The molecule has 4 rings (SSSR count). The largest absolute Gasteiger partial charge is 0.310 e. The third-order valence-corrected chi connectivity index (χ3v) is 6.13. The quantitative estimate of drug-likeness (QED) is 0.448. The smallest absolute Gasteiger partial charge is 0.235 e. The first-order valence-corrected chi connectivity index (χ1v) is 11.2. The van der Waals surface area contributed by atoms with Gasteiger partial charge in [-0.1, -0.05) is 60.7 Å². The van der Waals surface area contributed by atoms with Crippen LogP contribution >= 0.6 is 23.1 Å². The standard InChI is InChI=1S/C22H20N4OS2/c1-16-23-12-20(25-21(27)15-28-13-17-8-4-2-5-9-17)26(16)22-24-19(14-29-22)18-10-6-3-7-11-18/h2-12,14H,13,15H2,1H3,(H,25,27). The summed E-state index contributed by atoms with van der Waals surface area (Å²) < 4.78 is 1.89. The van der Waals surface area contributed by atoms with Crippen molar-refractivity contribution in [1.29, 1.82) is 0 Å². The summed E-state index contributed by atoms with van der Waals surface area (Å²) in [7, 11) is 0. The molecule has 0 unspecified atom stereocenters. The molecule has 1 N–H and O–H groups in total. The van der Waals surface area contributed by atoms with Gasteiger partial charge in [0, 0.05) is 16.7 Å². The number of thioether (sulfide) groups is 1. The van der Waals surface area contributed by atoms with Gasteiger partial charge >= 0.3 is 0 Å². The van der Waals surface area contributed by atoms with Crippen molar-refractivity contribution in [1.82, 2.24) is 14.5 Å². The zero-order valence-electron chi connectivity index (χ0n) is 15.9. The molecule has 2 aromatic carbocycles. The summed E-state index contributed by atoms with van der Waals surface area (Å²) in [4.78, 5) is 21.5. The van der Waals surface area contributed by atoms with Gasteiger partial charge in [-0.05, 0) is 12.5 Å². The molecule has 0 aliphatic heterocycles. The highest BCUT2D eigenvalue weighted by Crippen LogP contribution is 2.27. The number of anilines is 1. The van der Waals surface area contributed by atoms with E-state index in [0.29, 0.717) is 11.6 Å². The molecular weight excluding hydrogens is 400 g/mol. The molecular formula is C22H20N4OS2. The van der Waals surface area contributed by atoms with Crippen molar-refractivity contribution in [3.63, 3.8) is 0 Å². The second-order valence-electron chi connectivity index (χ2n) is 6.43. The van der Waals surface area contributed by atoms with Crippen LogP contribution in [0.15, 0.2) is 72.2 Å². The first kappa shape index (κ1) is 19.4. The highest BCUT2D eigenvalue weighted by molar-refractivity contribution is 7.99. The number of nitrogens with one attached hydrogen (secondary N) is 1. The Bertz CT molecular complexity index is 1090. The molecule has 0 radical (unpaired) electrons. The van der Waals surface area contributed by atoms with Crippen LogP contribution in [0, 0.1) is 6.92 Å². The summed E-state index contributed by atoms with van der Waals surface area (Å²) in [5, 5.41) is 5.78. The van der Waals surface area contributed by atoms with Crippen molar-refractivity contribution < 1.29 is 4.79 Å². The van der Waals surface area contributed by atoms with Gasteiger partial charge in [0.05, 0.1) is 17.6 Å². The van der Waals surface area contributed by atoms with Crippen molar-refractivity contribution in [3.05, 3.63) is 83.6 Å². The van der Waals surface area contributed by atoms with E-state index in [1.807, 2.05) is 65.4 Å². The maximum Gasteiger partial charge on any atom is 0.235 e. The van der Waals surface area contributed by atoms with Gasteiger partial charge in [0.2, 0.25) is 5.91 Å². The van der Waals surface area contributed by atoms with Crippen LogP contribution in [0.2, 0.25) is 0 Å². The molecule has 0 fully saturated rings. The minimum absolute atomic E-state index is 0.0491. The Balaban J connectivity index is 1.44. The van der Waals surface area contributed by atoms with Crippen LogP contribution in [0.4, 0.5) is 5.82 Å². The normalized spacial score (nSPS) is 10.8. The fourth-order valence-corrected chi connectivity index (χ4v) is 4.58. The van der Waals surface area contributed by atoms with Crippen LogP contribution < -0.4 is 5.32 Å². The second-order valence-corrected chi connectivity index (χ2v) is 8.26. The maximum absolute atomic E-state index is 12.4. The highest BCUT2D eigenvalue weighted by Gasteiger charge is 2.15.